The van der Waals surface area contributed by atoms with Crippen molar-refractivity contribution in [1.29, 1.82) is 0 Å². The summed E-state index contributed by atoms with van der Waals surface area (Å²) in [7, 11) is 0. The van der Waals surface area contributed by atoms with Crippen LogP contribution in [0.2, 0.25) is 0 Å². The van der Waals surface area contributed by atoms with E-state index in [1.165, 1.54) is 0 Å². The summed E-state index contributed by atoms with van der Waals surface area (Å²) in [6, 6.07) is 7.57. The molecule has 0 amide bonds. The summed E-state index contributed by atoms with van der Waals surface area (Å²) in [6.45, 7) is 1.50. The molecule has 1 heterocycles. The number of aliphatic hydroxyl groups excluding tert-OH is 1. The van der Waals surface area contributed by atoms with Crippen molar-refractivity contribution >= 4 is 5.90 Å². The molecule has 0 fully saturated rings. The van der Waals surface area contributed by atoms with Crippen molar-refractivity contribution in [3.8, 4) is 0 Å². The number of aliphatic imine (C=N–C) groups is 1. The molecule has 0 saturated heterocycles. The number of hydrogen-bond donors (Lipinski definition) is 1. The lowest BCUT2D eigenvalue weighted by molar-refractivity contribution is 0.282. The maximum Gasteiger partial charge on any atom is 0.216 e. The topological polar surface area (TPSA) is 41.8 Å². The van der Waals surface area contributed by atoms with Crippen molar-refractivity contribution < 1.29 is 9.84 Å². The van der Waals surface area contributed by atoms with E-state index in [2.05, 4.69) is 4.99 Å². The highest BCUT2D eigenvalue weighted by Crippen LogP contribution is 2.09. The fraction of sp³-hybridized carbons (Fsp3) is 0.300. The Morgan fingerprint density at radius 1 is 1.31 bits per heavy atom. The summed E-state index contributed by atoms with van der Waals surface area (Å²) in [5.41, 5.74) is 1.89. The Bertz CT molecular complexity index is 316. The molecule has 13 heavy (non-hydrogen) atoms. The second-order valence-electron chi connectivity index (χ2n) is 2.89. The molecule has 0 atom stereocenters. The van der Waals surface area contributed by atoms with E-state index < -0.39 is 0 Å². The molecule has 1 aliphatic rings. The van der Waals surface area contributed by atoms with Gasteiger partial charge in [-0.15, -0.1) is 0 Å². The molecule has 1 N–H and O–H groups in total. The summed E-state index contributed by atoms with van der Waals surface area (Å²) in [5.74, 6) is 0.712. The zero-order valence-electron chi connectivity index (χ0n) is 7.23. The Balaban J connectivity index is 2.22. The number of rotatable bonds is 2. The average molecular weight is 177 g/mol. The van der Waals surface area contributed by atoms with E-state index in [-0.39, 0.29) is 6.61 Å². The fourth-order valence-corrected chi connectivity index (χ4v) is 1.26. The van der Waals surface area contributed by atoms with Crippen LogP contribution in [0.4, 0.5) is 0 Å². The number of aliphatic hydroxyl groups is 1. The van der Waals surface area contributed by atoms with Crippen LogP contribution in [-0.2, 0) is 11.3 Å². The number of ether oxygens (including phenoxy) is 1. The first kappa shape index (κ1) is 8.26. The average Bonchev–Trinajstić information content (AvgIpc) is 2.71. The van der Waals surface area contributed by atoms with Crippen LogP contribution in [0.5, 0.6) is 0 Å². The van der Waals surface area contributed by atoms with Crippen LogP contribution in [-0.4, -0.2) is 24.2 Å². The summed E-state index contributed by atoms with van der Waals surface area (Å²) in [6.07, 6.45) is 0. The maximum atomic E-state index is 8.83. The summed E-state index contributed by atoms with van der Waals surface area (Å²) in [4.78, 5) is 4.19. The summed E-state index contributed by atoms with van der Waals surface area (Å²) >= 11 is 0. The first-order chi connectivity index (χ1) is 6.40. The molecular formula is C10H11NO2. The molecule has 68 valence electrons. The second-order valence-corrected chi connectivity index (χ2v) is 2.89. The van der Waals surface area contributed by atoms with Gasteiger partial charge in [-0.1, -0.05) is 12.1 Å². The van der Waals surface area contributed by atoms with Crippen LogP contribution in [0.15, 0.2) is 29.3 Å². The molecule has 0 saturated carbocycles. The zero-order chi connectivity index (χ0) is 9.10. The van der Waals surface area contributed by atoms with E-state index in [4.69, 9.17) is 9.84 Å². The Kier molecular flexibility index (Phi) is 2.27. The van der Waals surface area contributed by atoms with Gasteiger partial charge in [-0.25, -0.2) is 4.99 Å². The lowest BCUT2D eigenvalue weighted by Gasteiger charge is -2.01. The Labute approximate surface area is 76.7 Å². The third-order valence-electron chi connectivity index (χ3n) is 1.97. The largest absolute Gasteiger partial charge is 0.476 e. The van der Waals surface area contributed by atoms with Crippen molar-refractivity contribution in [2.45, 2.75) is 6.61 Å². The SMILES string of the molecule is OCc1ccc(C2=NCCO2)cc1. The Hall–Kier alpha value is -1.35. The van der Waals surface area contributed by atoms with Crippen molar-refractivity contribution in [3.63, 3.8) is 0 Å². The third kappa shape index (κ3) is 1.70. The van der Waals surface area contributed by atoms with E-state index in [0.717, 1.165) is 17.7 Å². The minimum absolute atomic E-state index is 0.0770. The predicted molar refractivity (Wildman–Crippen MR) is 49.7 cm³/mol. The lowest BCUT2D eigenvalue weighted by atomic mass is 10.1. The van der Waals surface area contributed by atoms with Gasteiger partial charge in [0.05, 0.1) is 13.2 Å². The molecule has 0 unspecified atom stereocenters. The van der Waals surface area contributed by atoms with Crippen LogP contribution in [0.1, 0.15) is 11.1 Å². The van der Waals surface area contributed by atoms with E-state index in [0.29, 0.717) is 12.5 Å². The van der Waals surface area contributed by atoms with E-state index in [1.54, 1.807) is 0 Å². The van der Waals surface area contributed by atoms with Gasteiger partial charge in [0.2, 0.25) is 5.90 Å². The maximum absolute atomic E-state index is 8.83. The van der Waals surface area contributed by atoms with E-state index in [1.807, 2.05) is 24.3 Å². The first-order valence-corrected chi connectivity index (χ1v) is 4.27. The standard InChI is InChI=1S/C10H11NO2/c12-7-8-1-3-9(4-2-8)10-11-5-6-13-10/h1-4,12H,5-7H2. The molecule has 1 aromatic carbocycles. The second kappa shape index (κ2) is 3.58. The molecule has 0 aliphatic carbocycles. The van der Waals surface area contributed by atoms with Crippen LogP contribution in [0.25, 0.3) is 0 Å². The van der Waals surface area contributed by atoms with E-state index >= 15 is 0 Å². The van der Waals surface area contributed by atoms with Gasteiger partial charge in [0.1, 0.15) is 6.61 Å². The number of hydrogen-bond acceptors (Lipinski definition) is 3. The van der Waals surface area contributed by atoms with Gasteiger partial charge >= 0.3 is 0 Å². The Morgan fingerprint density at radius 2 is 2.08 bits per heavy atom. The highest BCUT2D eigenvalue weighted by molar-refractivity contribution is 5.94. The third-order valence-corrected chi connectivity index (χ3v) is 1.97. The van der Waals surface area contributed by atoms with Crippen LogP contribution in [0.3, 0.4) is 0 Å². The van der Waals surface area contributed by atoms with Gasteiger partial charge in [-0.05, 0) is 17.7 Å². The minimum atomic E-state index is 0.0770. The van der Waals surface area contributed by atoms with Gasteiger partial charge in [0, 0.05) is 5.56 Å². The monoisotopic (exact) mass is 177 g/mol. The van der Waals surface area contributed by atoms with Crippen molar-refractivity contribution in [2.24, 2.45) is 4.99 Å². The summed E-state index contributed by atoms with van der Waals surface area (Å²) in [5, 5.41) is 8.83. The first-order valence-electron chi connectivity index (χ1n) is 4.27. The van der Waals surface area contributed by atoms with E-state index in [9.17, 15) is 0 Å². The highest BCUT2D eigenvalue weighted by atomic mass is 16.5. The quantitative estimate of drug-likeness (QED) is 0.731. The fourth-order valence-electron chi connectivity index (χ4n) is 1.26. The molecule has 1 aromatic rings. The van der Waals surface area contributed by atoms with Crippen molar-refractivity contribution in [3.05, 3.63) is 35.4 Å². The normalized spacial score (nSPS) is 15.3. The molecule has 0 bridgehead atoms. The molecular weight excluding hydrogens is 166 g/mol. The van der Waals surface area contributed by atoms with Crippen LogP contribution < -0.4 is 0 Å². The molecule has 3 nitrogen and oxygen atoms in total. The Morgan fingerprint density at radius 3 is 2.62 bits per heavy atom. The lowest BCUT2D eigenvalue weighted by Crippen LogP contribution is -2.00. The molecule has 0 radical (unpaired) electrons. The van der Waals surface area contributed by atoms with Gasteiger partial charge in [0.15, 0.2) is 0 Å². The zero-order valence-corrected chi connectivity index (χ0v) is 7.23. The molecule has 0 aromatic heterocycles. The highest BCUT2D eigenvalue weighted by Gasteiger charge is 2.09. The summed E-state index contributed by atoms with van der Waals surface area (Å²) < 4.78 is 5.30. The van der Waals surface area contributed by atoms with Crippen molar-refractivity contribution in [1.82, 2.24) is 0 Å². The molecule has 0 spiro atoms. The van der Waals surface area contributed by atoms with Gasteiger partial charge in [-0.3, -0.25) is 0 Å². The van der Waals surface area contributed by atoms with Crippen molar-refractivity contribution in [2.75, 3.05) is 13.2 Å². The van der Waals surface area contributed by atoms with Gasteiger partial charge in [0.25, 0.3) is 0 Å². The van der Waals surface area contributed by atoms with Gasteiger partial charge < -0.3 is 9.84 Å². The number of nitrogens with zero attached hydrogens (tertiary/aromatic N) is 1. The number of benzene rings is 1. The van der Waals surface area contributed by atoms with Crippen LogP contribution >= 0.6 is 0 Å². The molecule has 2 rings (SSSR count). The minimum Gasteiger partial charge on any atom is -0.476 e. The van der Waals surface area contributed by atoms with Crippen LogP contribution in [0, 0.1) is 0 Å². The molecule has 1 aliphatic heterocycles. The van der Waals surface area contributed by atoms with Gasteiger partial charge in [-0.2, -0.15) is 0 Å². The smallest absolute Gasteiger partial charge is 0.216 e. The predicted octanol–water partition coefficient (Wildman–Crippen LogP) is 0.956. The molecule has 3 heteroatoms.